The van der Waals surface area contributed by atoms with Crippen molar-refractivity contribution in [3.63, 3.8) is 0 Å². The zero-order valence-electron chi connectivity index (χ0n) is 9.85. The number of hydrogen-bond donors (Lipinski definition) is 0. The molecule has 0 aliphatic heterocycles. The van der Waals surface area contributed by atoms with E-state index in [4.69, 9.17) is 0 Å². The molecule has 0 bridgehead atoms. The van der Waals surface area contributed by atoms with Crippen LogP contribution in [0.5, 0.6) is 0 Å². The third kappa shape index (κ3) is 4.92. The molecule has 0 unspecified atom stereocenters. The van der Waals surface area contributed by atoms with E-state index >= 15 is 0 Å². The minimum Gasteiger partial charge on any atom is -0.0813 e. The van der Waals surface area contributed by atoms with Gasteiger partial charge in [-0.2, -0.15) is 0 Å². The van der Waals surface area contributed by atoms with Gasteiger partial charge in [0.05, 0.1) is 0 Å². The summed E-state index contributed by atoms with van der Waals surface area (Å²) in [6, 6.07) is 0. The Hall–Kier alpha value is -0.520. The van der Waals surface area contributed by atoms with Gasteiger partial charge < -0.3 is 0 Å². The Kier molecular flexibility index (Phi) is 6.66. The van der Waals surface area contributed by atoms with Crippen LogP contribution in [0.1, 0.15) is 53.9 Å². The van der Waals surface area contributed by atoms with Crippen molar-refractivity contribution in [3.8, 4) is 0 Å². The Morgan fingerprint density at radius 1 is 1.00 bits per heavy atom. The maximum absolute atomic E-state index is 2.39. The molecule has 0 saturated heterocycles. The summed E-state index contributed by atoms with van der Waals surface area (Å²) in [5.74, 6) is 0.668. The molecule has 0 fully saturated rings. The highest BCUT2D eigenvalue weighted by molar-refractivity contribution is 5.30. The van der Waals surface area contributed by atoms with Crippen LogP contribution in [0.2, 0.25) is 0 Å². The van der Waals surface area contributed by atoms with E-state index in [1.807, 2.05) is 0 Å². The second-order valence-corrected chi connectivity index (χ2v) is 3.78. The normalized spacial score (nSPS) is 14.0. The van der Waals surface area contributed by atoms with E-state index in [0.29, 0.717) is 5.92 Å². The first kappa shape index (κ1) is 12.5. The molecule has 0 aromatic carbocycles. The Morgan fingerprint density at radius 3 is 1.85 bits per heavy atom. The first-order chi connectivity index (χ1) is 6.15. The van der Waals surface area contributed by atoms with Gasteiger partial charge in [0.15, 0.2) is 0 Å². The molecule has 0 spiro atoms. The predicted octanol–water partition coefficient (Wildman–Crippen LogP) is 4.73. The summed E-state index contributed by atoms with van der Waals surface area (Å²) in [6.07, 6.45) is 8.24. The molecule has 0 aromatic rings. The molecule has 0 nitrogen and oxygen atoms in total. The fraction of sp³-hybridized carbons (Fsp3) is 0.692. The van der Waals surface area contributed by atoms with E-state index in [-0.39, 0.29) is 0 Å². The molecular weight excluding hydrogens is 156 g/mol. The van der Waals surface area contributed by atoms with Gasteiger partial charge in [0, 0.05) is 0 Å². The van der Waals surface area contributed by atoms with Crippen molar-refractivity contribution in [2.75, 3.05) is 0 Å². The minimum atomic E-state index is 0.668. The van der Waals surface area contributed by atoms with E-state index in [1.165, 1.54) is 6.42 Å². The van der Waals surface area contributed by atoms with Crippen LogP contribution in [0.15, 0.2) is 23.3 Å². The second kappa shape index (κ2) is 6.94. The van der Waals surface area contributed by atoms with Crippen LogP contribution in [0.25, 0.3) is 0 Å². The van der Waals surface area contributed by atoms with Crippen LogP contribution in [0.4, 0.5) is 0 Å². The van der Waals surface area contributed by atoms with Crippen LogP contribution in [0.3, 0.4) is 0 Å². The molecular formula is C13H24. The van der Waals surface area contributed by atoms with Gasteiger partial charge in [-0.15, -0.1) is 0 Å². The highest BCUT2D eigenvalue weighted by Gasteiger charge is 2.00. The molecule has 0 atom stereocenters. The molecule has 0 rings (SSSR count). The topological polar surface area (TPSA) is 0 Å². The SMILES string of the molecule is CC/C=C(CC)\C(=C/C(C)C)CC. The average Bonchev–Trinajstić information content (AvgIpc) is 2.10. The van der Waals surface area contributed by atoms with Crippen LogP contribution >= 0.6 is 0 Å². The van der Waals surface area contributed by atoms with E-state index < -0.39 is 0 Å². The summed E-state index contributed by atoms with van der Waals surface area (Å²) in [7, 11) is 0. The third-order valence-electron chi connectivity index (χ3n) is 2.16. The quantitative estimate of drug-likeness (QED) is 0.537. The summed E-state index contributed by atoms with van der Waals surface area (Å²) < 4.78 is 0. The molecule has 0 N–H and O–H groups in total. The summed E-state index contributed by atoms with van der Waals surface area (Å²) in [6.45, 7) is 11.2. The lowest BCUT2D eigenvalue weighted by Crippen LogP contribution is -1.91. The van der Waals surface area contributed by atoms with Crippen molar-refractivity contribution in [2.24, 2.45) is 5.92 Å². The highest BCUT2D eigenvalue weighted by atomic mass is 14.1. The van der Waals surface area contributed by atoms with Crippen molar-refractivity contribution < 1.29 is 0 Å². The van der Waals surface area contributed by atoms with Crippen molar-refractivity contribution in [1.29, 1.82) is 0 Å². The number of rotatable bonds is 5. The molecule has 0 aromatic heterocycles. The zero-order valence-corrected chi connectivity index (χ0v) is 9.85. The molecule has 0 radical (unpaired) electrons. The monoisotopic (exact) mass is 180 g/mol. The Labute approximate surface area is 83.7 Å². The molecule has 0 aliphatic carbocycles. The van der Waals surface area contributed by atoms with Crippen LogP contribution in [0, 0.1) is 5.92 Å². The fourth-order valence-electron chi connectivity index (χ4n) is 1.60. The molecule has 0 amide bonds. The van der Waals surface area contributed by atoms with Gasteiger partial charge >= 0.3 is 0 Å². The van der Waals surface area contributed by atoms with Gasteiger partial charge in [0.25, 0.3) is 0 Å². The Morgan fingerprint density at radius 2 is 1.54 bits per heavy atom. The van der Waals surface area contributed by atoms with Crippen molar-refractivity contribution >= 4 is 0 Å². The minimum absolute atomic E-state index is 0.668. The number of hydrogen-bond acceptors (Lipinski definition) is 0. The molecule has 0 heteroatoms. The van der Waals surface area contributed by atoms with E-state index in [9.17, 15) is 0 Å². The van der Waals surface area contributed by atoms with Gasteiger partial charge in [0.2, 0.25) is 0 Å². The molecule has 13 heavy (non-hydrogen) atoms. The molecule has 0 aliphatic rings. The summed E-state index contributed by atoms with van der Waals surface area (Å²) >= 11 is 0. The van der Waals surface area contributed by atoms with E-state index in [0.717, 1.165) is 12.8 Å². The van der Waals surface area contributed by atoms with E-state index in [2.05, 4.69) is 46.8 Å². The third-order valence-corrected chi connectivity index (χ3v) is 2.16. The first-order valence-corrected chi connectivity index (χ1v) is 5.55. The second-order valence-electron chi connectivity index (χ2n) is 3.78. The smallest absolute Gasteiger partial charge is 0.0285 e. The average molecular weight is 180 g/mol. The lowest BCUT2D eigenvalue weighted by molar-refractivity contribution is 0.811. The van der Waals surface area contributed by atoms with Crippen LogP contribution < -0.4 is 0 Å². The molecule has 0 heterocycles. The van der Waals surface area contributed by atoms with E-state index in [1.54, 1.807) is 11.1 Å². The Bertz CT molecular complexity index is 182. The van der Waals surface area contributed by atoms with Gasteiger partial charge in [-0.1, -0.05) is 46.8 Å². The van der Waals surface area contributed by atoms with Crippen LogP contribution in [-0.2, 0) is 0 Å². The predicted molar refractivity (Wildman–Crippen MR) is 61.9 cm³/mol. The van der Waals surface area contributed by atoms with Crippen molar-refractivity contribution in [3.05, 3.63) is 23.3 Å². The maximum Gasteiger partial charge on any atom is -0.0285 e. The van der Waals surface area contributed by atoms with Crippen molar-refractivity contribution in [1.82, 2.24) is 0 Å². The Balaban J connectivity index is 4.62. The van der Waals surface area contributed by atoms with Crippen molar-refractivity contribution in [2.45, 2.75) is 53.9 Å². The lowest BCUT2D eigenvalue weighted by atomic mass is 9.97. The molecule has 0 saturated carbocycles. The van der Waals surface area contributed by atoms with Gasteiger partial charge in [-0.05, 0) is 36.3 Å². The summed E-state index contributed by atoms with van der Waals surface area (Å²) in [4.78, 5) is 0. The lowest BCUT2D eigenvalue weighted by Gasteiger charge is -2.09. The zero-order chi connectivity index (χ0) is 10.3. The van der Waals surface area contributed by atoms with Gasteiger partial charge in [0.1, 0.15) is 0 Å². The summed E-state index contributed by atoms with van der Waals surface area (Å²) in [5, 5.41) is 0. The standard InChI is InChI=1S/C13H24/c1-6-9-12(7-2)13(8-3)10-11(4)5/h9-11H,6-8H2,1-5H3/b12-9-,13-10-. The first-order valence-electron chi connectivity index (χ1n) is 5.55. The molecule has 76 valence electrons. The number of allylic oxidation sites excluding steroid dienone is 4. The fourth-order valence-corrected chi connectivity index (χ4v) is 1.60. The summed E-state index contributed by atoms with van der Waals surface area (Å²) in [5.41, 5.74) is 3.08. The maximum atomic E-state index is 2.39. The highest BCUT2D eigenvalue weighted by Crippen LogP contribution is 2.19. The largest absolute Gasteiger partial charge is 0.0813 e. The van der Waals surface area contributed by atoms with Gasteiger partial charge in [-0.25, -0.2) is 0 Å². The van der Waals surface area contributed by atoms with Crippen LogP contribution in [-0.4, -0.2) is 0 Å². The van der Waals surface area contributed by atoms with Gasteiger partial charge in [-0.3, -0.25) is 0 Å².